The monoisotopic (exact) mass is 397 g/mol. The van der Waals surface area contributed by atoms with Gasteiger partial charge in [-0.05, 0) is 36.8 Å². The standard InChI is InChI=1S/C21H27N5O3/c1-3-26-15-16(13-22-26)14-24-8-10-25(11-9-24)21(27)20-12-19(23-29-20)17-4-6-18(28-2)7-5-17/h4-7,13,15,20H,3,8-12,14H2,1-2H3. The SMILES string of the molecule is CCn1cc(CN2CCN(C(=O)C3CC(c4ccc(OC)cc4)=NO3)CC2)cn1. The number of aryl methyl sites for hydroxylation is 1. The first-order valence-corrected chi connectivity index (χ1v) is 10.1. The van der Waals surface area contributed by atoms with Crippen molar-refractivity contribution in [1.29, 1.82) is 0 Å². The van der Waals surface area contributed by atoms with Gasteiger partial charge in [0.05, 0.1) is 19.0 Å². The third-order valence-corrected chi connectivity index (χ3v) is 5.47. The Morgan fingerprint density at radius 1 is 1.21 bits per heavy atom. The first kappa shape index (κ1) is 19.4. The fraction of sp³-hybridized carbons (Fsp3) is 0.476. The minimum atomic E-state index is -0.526. The summed E-state index contributed by atoms with van der Waals surface area (Å²) in [6, 6.07) is 7.65. The quantitative estimate of drug-likeness (QED) is 0.743. The molecule has 8 heteroatoms. The van der Waals surface area contributed by atoms with E-state index < -0.39 is 6.10 Å². The fourth-order valence-corrected chi connectivity index (χ4v) is 3.71. The third kappa shape index (κ3) is 4.42. The smallest absolute Gasteiger partial charge is 0.266 e. The number of nitrogens with zero attached hydrogens (tertiary/aromatic N) is 5. The highest BCUT2D eigenvalue weighted by atomic mass is 16.6. The number of carbonyl (C=O) groups is 1. The number of rotatable bonds is 6. The van der Waals surface area contributed by atoms with Crippen molar-refractivity contribution < 1.29 is 14.4 Å². The molecule has 8 nitrogen and oxygen atoms in total. The van der Waals surface area contributed by atoms with Crippen LogP contribution in [0.2, 0.25) is 0 Å². The summed E-state index contributed by atoms with van der Waals surface area (Å²) in [5, 5.41) is 8.48. The summed E-state index contributed by atoms with van der Waals surface area (Å²) in [6.45, 7) is 6.94. The van der Waals surface area contributed by atoms with Gasteiger partial charge in [0.25, 0.3) is 5.91 Å². The molecule has 2 aromatic rings. The molecule has 0 radical (unpaired) electrons. The molecule has 1 amide bonds. The molecular weight excluding hydrogens is 370 g/mol. The van der Waals surface area contributed by atoms with Gasteiger partial charge in [0.15, 0.2) is 0 Å². The van der Waals surface area contributed by atoms with E-state index >= 15 is 0 Å². The number of hydrogen-bond acceptors (Lipinski definition) is 6. The minimum Gasteiger partial charge on any atom is -0.497 e. The van der Waals surface area contributed by atoms with E-state index in [0.717, 1.165) is 43.2 Å². The van der Waals surface area contributed by atoms with Gasteiger partial charge in [0.2, 0.25) is 6.10 Å². The van der Waals surface area contributed by atoms with Gasteiger partial charge in [-0.2, -0.15) is 5.10 Å². The number of methoxy groups -OCH3 is 1. The molecular formula is C21H27N5O3. The van der Waals surface area contributed by atoms with Crippen molar-refractivity contribution in [2.75, 3.05) is 33.3 Å². The van der Waals surface area contributed by atoms with Gasteiger partial charge >= 0.3 is 0 Å². The molecule has 0 saturated carbocycles. The molecule has 0 aliphatic carbocycles. The summed E-state index contributed by atoms with van der Waals surface area (Å²) in [6.07, 6.45) is 3.98. The molecule has 1 aromatic carbocycles. The molecule has 0 bridgehead atoms. The number of carbonyl (C=O) groups excluding carboxylic acids is 1. The van der Waals surface area contributed by atoms with Crippen molar-refractivity contribution in [3.8, 4) is 5.75 Å². The normalized spacial score (nSPS) is 19.7. The zero-order valence-electron chi connectivity index (χ0n) is 17.0. The van der Waals surface area contributed by atoms with E-state index in [-0.39, 0.29) is 5.91 Å². The van der Waals surface area contributed by atoms with E-state index in [1.165, 1.54) is 5.56 Å². The zero-order chi connectivity index (χ0) is 20.2. The summed E-state index contributed by atoms with van der Waals surface area (Å²) in [7, 11) is 1.64. The topological polar surface area (TPSA) is 72.2 Å². The molecule has 2 aliphatic heterocycles. The van der Waals surface area contributed by atoms with Gasteiger partial charge in [-0.3, -0.25) is 14.4 Å². The third-order valence-electron chi connectivity index (χ3n) is 5.47. The Morgan fingerprint density at radius 2 is 1.97 bits per heavy atom. The highest BCUT2D eigenvalue weighted by molar-refractivity contribution is 6.04. The first-order valence-electron chi connectivity index (χ1n) is 10.1. The predicted molar refractivity (Wildman–Crippen MR) is 109 cm³/mol. The Hall–Kier alpha value is -2.87. The van der Waals surface area contributed by atoms with Crippen molar-refractivity contribution >= 4 is 11.6 Å². The lowest BCUT2D eigenvalue weighted by Crippen LogP contribution is -2.51. The Morgan fingerprint density at radius 3 is 2.62 bits per heavy atom. The highest BCUT2D eigenvalue weighted by Gasteiger charge is 2.33. The van der Waals surface area contributed by atoms with Crippen molar-refractivity contribution in [2.45, 2.75) is 32.5 Å². The van der Waals surface area contributed by atoms with E-state index in [1.54, 1.807) is 7.11 Å². The molecule has 1 atom stereocenters. The number of oxime groups is 1. The van der Waals surface area contributed by atoms with E-state index in [9.17, 15) is 4.79 Å². The summed E-state index contributed by atoms with van der Waals surface area (Å²) >= 11 is 0. The molecule has 1 aromatic heterocycles. The largest absolute Gasteiger partial charge is 0.497 e. The Labute approximate surface area is 170 Å². The van der Waals surface area contributed by atoms with Crippen molar-refractivity contribution in [3.05, 3.63) is 47.8 Å². The van der Waals surface area contributed by atoms with E-state index in [0.29, 0.717) is 19.5 Å². The molecule has 4 rings (SSSR count). The molecule has 1 fully saturated rings. The van der Waals surface area contributed by atoms with E-state index in [1.807, 2.05) is 40.0 Å². The second-order valence-corrected chi connectivity index (χ2v) is 7.37. The van der Waals surface area contributed by atoms with Gasteiger partial charge in [0.1, 0.15) is 5.75 Å². The lowest BCUT2D eigenvalue weighted by atomic mass is 10.0. The van der Waals surface area contributed by atoms with Gasteiger partial charge in [-0.15, -0.1) is 0 Å². The van der Waals surface area contributed by atoms with Crippen LogP contribution in [0.15, 0.2) is 41.8 Å². The Kier molecular flexibility index (Phi) is 5.80. The minimum absolute atomic E-state index is 0.0238. The van der Waals surface area contributed by atoms with Gasteiger partial charge in [-0.25, -0.2) is 0 Å². The van der Waals surface area contributed by atoms with Crippen LogP contribution in [0.3, 0.4) is 0 Å². The number of piperazine rings is 1. The van der Waals surface area contributed by atoms with Gasteiger partial charge < -0.3 is 14.5 Å². The maximum atomic E-state index is 12.9. The Balaban J connectivity index is 1.26. The summed E-state index contributed by atoms with van der Waals surface area (Å²) in [5.74, 6) is 0.816. The van der Waals surface area contributed by atoms with Crippen molar-refractivity contribution in [1.82, 2.24) is 19.6 Å². The second kappa shape index (κ2) is 8.65. The number of ether oxygens (including phenoxy) is 1. The molecule has 0 spiro atoms. The van der Waals surface area contributed by atoms with Crippen LogP contribution < -0.4 is 4.74 Å². The summed E-state index contributed by atoms with van der Waals surface area (Å²) in [5.41, 5.74) is 2.97. The summed E-state index contributed by atoms with van der Waals surface area (Å²) < 4.78 is 7.12. The maximum Gasteiger partial charge on any atom is 0.266 e. The van der Waals surface area contributed by atoms with E-state index in [2.05, 4.69) is 28.3 Å². The average molecular weight is 397 g/mol. The van der Waals surface area contributed by atoms with Crippen LogP contribution in [-0.4, -0.2) is 70.6 Å². The molecule has 1 saturated heterocycles. The van der Waals surface area contributed by atoms with Gasteiger partial charge in [-0.1, -0.05) is 5.16 Å². The first-order chi connectivity index (χ1) is 14.2. The number of aromatic nitrogens is 2. The Bertz CT molecular complexity index is 869. The van der Waals surface area contributed by atoms with Gasteiger partial charge in [0, 0.05) is 57.4 Å². The number of amides is 1. The summed E-state index contributed by atoms with van der Waals surface area (Å²) in [4.78, 5) is 22.6. The van der Waals surface area contributed by atoms with Crippen LogP contribution in [0.5, 0.6) is 5.75 Å². The predicted octanol–water partition coefficient (Wildman–Crippen LogP) is 1.75. The number of benzene rings is 1. The van der Waals surface area contributed by atoms with Crippen LogP contribution >= 0.6 is 0 Å². The molecule has 3 heterocycles. The number of hydrogen-bond donors (Lipinski definition) is 0. The van der Waals surface area contributed by atoms with Crippen LogP contribution in [0, 0.1) is 0 Å². The fourth-order valence-electron chi connectivity index (χ4n) is 3.71. The van der Waals surface area contributed by atoms with E-state index in [4.69, 9.17) is 9.57 Å². The average Bonchev–Trinajstić information content (AvgIpc) is 3.44. The zero-order valence-corrected chi connectivity index (χ0v) is 17.0. The lowest BCUT2D eigenvalue weighted by Gasteiger charge is -2.35. The van der Waals surface area contributed by atoms with Crippen LogP contribution in [-0.2, 0) is 22.7 Å². The molecule has 2 aliphatic rings. The molecule has 29 heavy (non-hydrogen) atoms. The van der Waals surface area contributed by atoms with Crippen LogP contribution in [0.25, 0.3) is 0 Å². The van der Waals surface area contributed by atoms with Crippen LogP contribution in [0.4, 0.5) is 0 Å². The second-order valence-electron chi connectivity index (χ2n) is 7.37. The van der Waals surface area contributed by atoms with Crippen molar-refractivity contribution in [2.24, 2.45) is 5.16 Å². The van der Waals surface area contributed by atoms with Crippen molar-refractivity contribution in [3.63, 3.8) is 0 Å². The highest BCUT2D eigenvalue weighted by Crippen LogP contribution is 2.21. The molecule has 0 N–H and O–H groups in total. The molecule has 154 valence electrons. The maximum absolute atomic E-state index is 12.9. The van der Waals surface area contributed by atoms with Crippen LogP contribution in [0.1, 0.15) is 24.5 Å². The molecule has 1 unspecified atom stereocenters. The lowest BCUT2D eigenvalue weighted by molar-refractivity contribution is -0.143.